The van der Waals surface area contributed by atoms with Crippen molar-refractivity contribution in [3.05, 3.63) is 71.8 Å². The Morgan fingerprint density at radius 2 is 1.57 bits per heavy atom. The normalized spacial score (nSPS) is 10.8. The summed E-state index contributed by atoms with van der Waals surface area (Å²) in [4.78, 5) is 51.8. The quantitative estimate of drug-likeness (QED) is 0.295. The highest BCUT2D eigenvalue weighted by molar-refractivity contribution is 6.10. The minimum Gasteiger partial charge on any atom is -0.497 e. The van der Waals surface area contributed by atoms with Crippen LogP contribution in [0.1, 0.15) is 48.4 Å². The summed E-state index contributed by atoms with van der Waals surface area (Å²) in [6.07, 6.45) is -0.546. The minimum atomic E-state index is -0.690. The van der Waals surface area contributed by atoms with Gasteiger partial charge in [0, 0.05) is 19.5 Å². The summed E-state index contributed by atoms with van der Waals surface area (Å²) in [6.45, 7) is 6.55. The van der Waals surface area contributed by atoms with Gasteiger partial charge in [0.2, 0.25) is 0 Å². The molecule has 3 aromatic carbocycles. The number of esters is 2. The van der Waals surface area contributed by atoms with Gasteiger partial charge < -0.3 is 24.3 Å². The molecule has 0 radical (unpaired) electrons. The zero-order chi connectivity index (χ0) is 29.6. The molecule has 2 amide bonds. The molecule has 0 aliphatic carbocycles. The highest BCUT2D eigenvalue weighted by atomic mass is 16.6. The van der Waals surface area contributed by atoms with Gasteiger partial charge in [0.05, 0.1) is 36.7 Å². The Balaban J connectivity index is 2.08. The molecular formula is C30H32N2O8. The summed E-state index contributed by atoms with van der Waals surface area (Å²) in [7, 11) is 4.26. The first-order valence-corrected chi connectivity index (χ1v) is 12.3. The van der Waals surface area contributed by atoms with E-state index in [1.54, 1.807) is 70.3 Å². The van der Waals surface area contributed by atoms with Crippen LogP contribution in [0.15, 0.2) is 60.7 Å². The van der Waals surface area contributed by atoms with Gasteiger partial charge in [-0.15, -0.1) is 0 Å². The summed E-state index contributed by atoms with van der Waals surface area (Å²) in [5.41, 5.74) is 1.34. The Hall–Kier alpha value is -4.86. The van der Waals surface area contributed by atoms with Crippen molar-refractivity contribution in [2.45, 2.75) is 33.3 Å². The van der Waals surface area contributed by atoms with Gasteiger partial charge in [0.1, 0.15) is 17.1 Å². The SMILES string of the molecule is COC(=O)c1ccc(-c2ccccc2N(C)C(=O)OC(C)(C)C)cc1NC(=O)c1cc(OC)ccc1OC(C)=O. The first-order valence-electron chi connectivity index (χ1n) is 12.3. The highest BCUT2D eigenvalue weighted by Crippen LogP contribution is 2.34. The maximum atomic E-state index is 13.4. The molecule has 1 N–H and O–H groups in total. The molecule has 40 heavy (non-hydrogen) atoms. The fourth-order valence-corrected chi connectivity index (χ4v) is 3.79. The number of ether oxygens (including phenoxy) is 4. The number of rotatable bonds is 7. The third-order valence-electron chi connectivity index (χ3n) is 5.60. The first kappa shape index (κ1) is 29.7. The molecule has 3 aromatic rings. The zero-order valence-electron chi connectivity index (χ0n) is 23.5. The van der Waals surface area contributed by atoms with Gasteiger partial charge in [0.25, 0.3) is 5.91 Å². The van der Waals surface area contributed by atoms with Crippen LogP contribution in [0.3, 0.4) is 0 Å². The number of methoxy groups -OCH3 is 2. The molecule has 0 bridgehead atoms. The molecule has 0 unspecified atom stereocenters. The second-order valence-electron chi connectivity index (χ2n) is 9.72. The van der Waals surface area contributed by atoms with Crippen molar-refractivity contribution in [3.63, 3.8) is 0 Å². The maximum absolute atomic E-state index is 13.4. The number of amides is 2. The fourth-order valence-electron chi connectivity index (χ4n) is 3.79. The van der Waals surface area contributed by atoms with Crippen LogP contribution in [0, 0.1) is 0 Å². The van der Waals surface area contributed by atoms with E-state index in [1.807, 2.05) is 0 Å². The predicted molar refractivity (Wildman–Crippen MR) is 150 cm³/mol. The zero-order valence-corrected chi connectivity index (χ0v) is 23.5. The third-order valence-corrected chi connectivity index (χ3v) is 5.60. The first-order chi connectivity index (χ1) is 18.8. The second-order valence-corrected chi connectivity index (χ2v) is 9.72. The fraction of sp³-hybridized carbons (Fsp3) is 0.267. The number of nitrogens with zero attached hydrogens (tertiary/aromatic N) is 1. The van der Waals surface area contributed by atoms with Crippen molar-refractivity contribution in [1.82, 2.24) is 0 Å². The van der Waals surface area contributed by atoms with Crippen LogP contribution in [0.4, 0.5) is 16.2 Å². The van der Waals surface area contributed by atoms with Gasteiger partial charge >= 0.3 is 18.0 Å². The molecule has 0 atom stereocenters. The van der Waals surface area contributed by atoms with E-state index in [9.17, 15) is 19.2 Å². The summed E-state index contributed by atoms with van der Waals surface area (Å²) in [6, 6.07) is 16.3. The lowest BCUT2D eigenvalue weighted by atomic mass is 9.99. The van der Waals surface area contributed by atoms with E-state index in [0.29, 0.717) is 22.6 Å². The lowest BCUT2D eigenvalue weighted by molar-refractivity contribution is -0.131. The molecule has 0 spiro atoms. The van der Waals surface area contributed by atoms with Crippen LogP contribution in [0.2, 0.25) is 0 Å². The van der Waals surface area contributed by atoms with E-state index in [0.717, 1.165) is 0 Å². The van der Waals surface area contributed by atoms with Crippen LogP contribution in [0.5, 0.6) is 11.5 Å². The number of carbonyl (C=O) groups excluding carboxylic acids is 4. The largest absolute Gasteiger partial charge is 0.497 e. The van der Waals surface area contributed by atoms with E-state index in [4.69, 9.17) is 18.9 Å². The molecule has 0 saturated carbocycles. The van der Waals surface area contributed by atoms with Crippen LogP contribution in [0.25, 0.3) is 11.1 Å². The van der Waals surface area contributed by atoms with E-state index in [-0.39, 0.29) is 22.6 Å². The average Bonchev–Trinajstić information content (AvgIpc) is 2.91. The lowest BCUT2D eigenvalue weighted by Crippen LogP contribution is -2.34. The van der Waals surface area contributed by atoms with E-state index < -0.39 is 29.5 Å². The van der Waals surface area contributed by atoms with Gasteiger partial charge in [-0.2, -0.15) is 0 Å². The van der Waals surface area contributed by atoms with Gasteiger partial charge in [0.15, 0.2) is 0 Å². The van der Waals surface area contributed by atoms with Crippen molar-refractivity contribution in [2.24, 2.45) is 0 Å². The monoisotopic (exact) mass is 548 g/mol. The maximum Gasteiger partial charge on any atom is 0.414 e. The number of carbonyl (C=O) groups is 4. The summed E-state index contributed by atoms with van der Waals surface area (Å²) < 4.78 is 20.8. The number of para-hydroxylation sites is 1. The Kier molecular flexibility index (Phi) is 9.15. The molecule has 3 rings (SSSR count). The number of hydrogen-bond acceptors (Lipinski definition) is 8. The standard InChI is InChI=1S/C30H32N2O8/c1-18(33)39-26-15-13-20(37-6)17-23(26)27(34)31-24-16-19(12-14-22(24)28(35)38-7)21-10-8-9-11-25(21)32(5)29(36)40-30(2,3)4/h8-17H,1-7H3,(H,31,34). The molecule has 0 aliphatic heterocycles. The van der Waals surface area contributed by atoms with Crippen LogP contribution < -0.4 is 19.7 Å². The van der Waals surface area contributed by atoms with E-state index in [1.165, 1.54) is 44.2 Å². The Labute approximate surface area is 232 Å². The van der Waals surface area contributed by atoms with Gasteiger partial charge in [-0.25, -0.2) is 9.59 Å². The summed E-state index contributed by atoms with van der Waals surface area (Å²) in [5, 5.41) is 2.73. The molecule has 0 aliphatic rings. The van der Waals surface area contributed by atoms with E-state index in [2.05, 4.69) is 5.32 Å². The molecular weight excluding hydrogens is 516 g/mol. The van der Waals surface area contributed by atoms with Crippen molar-refractivity contribution < 1.29 is 38.1 Å². The number of hydrogen-bond donors (Lipinski definition) is 1. The summed E-state index contributed by atoms with van der Waals surface area (Å²) >= 11 is 0. The predicted octanol–water partition coefficient (Wildman–Crippen LogP) is 5.70. The average molecular weight is 549 g/mol. The molecule has 0 saturated heterocycles. The van der Waals surface area contributed by atoms with Gasteiger partial charge in [-0.1, -0.05) is 24.3 Å². The van der Waals surface area contributed by atoms with Crippen LogP contribution in [-0.4, -0.2) is 50.8 Å². The molecule has 0 aromatic heterocycles. The van der Waals surface area contributed by atoms with Crippen LogP contribution >= 0.6 is 0 Å². The topological polar surface area (TPSA) is 120 Å². The van der Waals surface area contributed by atoms with Crippen molar-refractivity contribution in [2.75, 3.05) is 31.5 Å². The van der Waals surface area contributed by atoms with Crippen molar-refractivity contribution in [3.8, 4) is 22.6 Å². The molecule has 10 heteroatoms. The van der Waals surface area contributed by atoms with Crippen molar-refractivity contribution in [1.29, 1.82) is 0 Å². The van der Waals surface area contributed by atoms with Gasteiger partial charge in [-0.05, 0) is 62.7 Å². The molecule has 10 nitrogen and oxygen atoms in total. The Morgan fingerprint density at radius 1 is 0.875 bits per heavy atom. The smallest absolute Gasteiger partial charge is 0.414 e. The van der Waals surface area contributed by atoms with E-state index >= 15 is 0 Å². The van der Waals surface area contributed by atoms with Crippen molar-refractivity contribution >= 4 is 35.3 Å². The third kappa shape index (κ3) is 7.16. The number of anilines is 2. The summed E-state index contributed by atoms with van der Waals surface area (Å²) in [5.74, 6) is -1.56. The van der Waals surface area contributed by atoms with Crippen LogP contribution in [-0.2, 0) is 14.3 Å². The molecule has 210 valence electrons. The Bertz CT molecular complexity index is 1440. The molecule has 0 heterocycles. The number of benzene rings is 3. The minimum absolute atomic E-state index is 0.0147. The molecule has 0 fully saturated rings. The Morgan fingerprint density at radius 3 is 2.20 bits per heavy atom. The highest BCUT2D eigenvalue weighted by Gasteiger charge is 2.24. The van der Waals surface area contributed by atoms with Gasteiger partial charge in [-0.3, -0.25) is 14.5 Å². The number of nitrogens with one attached hydrogen (secondary N) is 1. The second kappa shape index (κ2) is 12.3. The lowest BCUT2D eigenvalue weighted by Gasteiger charge is -2.26.